The highest BCUT2D eigenvalue weighted by atomic mass is 32.2. The first-order chi connectivity index (χ1) is 13.1. The van der Waals surface area contributed by atoms with Gasteiger partial charge >= 0.3 is 0 Å². The first-order valence-electron chi connectivity index (χ1n) is 8.69. The Bertz CT molecular complexity index is 1120. The van der Waals surface area contributed by atoms with Crippen LogP contribution >= 0.6 is 23.1 Å². The summed E-state index contributed by atoms with van der Waals surface area (Å²) in [5.41, 5.74) is 4.21. The van der Waals surface area contributed by atoms with Crippen LogP contribution in [-0.2, 0) is 4.79 Å². The molecule has 3 aromatic heterocycles. The molecule has 0 bridgehead atoms. The Balaban J connectivity index is 1.74. The number of rotatable bonds is 5. The first-order valence-corrected chi connectivity index (χ1v) is 10.5. The second-order valence-corrected chi connectivity index (χ2v) is 8.38. The van der Waals surface area contributed by atoms with Crippen molar-refractivity contribution < 1.29 is 4.79 Å². The van der Waals surface area contributed by atoms with Crippen molar-refractivity contribution in [3.63, 3.8) is 0 Å². The van der Waals surface area contributed by atoms with Gasteiger partial charge in [0.15, 0.2) is 15.9 Å². The molecule has 6 nitrogen and oxygen atoms in total. The number of carbonyl (C=O) groups excluding carboxylic acids is 1. The van der Waals surface area contributed by atoms with Crippen molar-refractivity contribution in [3.8, 4) is 0 Å². The van der Waals surface area contributed by atoms with Crippen molar-refractivity contribution >= 4 is 50.7 Å². The molecular weight excluding hydrogens is 378 g/mol. The van der Waals surface area contributed by atoms with Crippen molar-refractivity contribution in [1.82, 2.24) is 19.6 Å². The van der Waals surface area contributed by atoms with Crippen molar-refractivity contribution in [2.75, 3.05) is 5.32 Å². The molecule has 1 amide bonds. The number of hydrogen-bond acceptors (Lipinski definition) is 6. The van der Waals surface area contributed by atoms with E-state index < -0.39 is 0 Å². The van der Waals surface area contributed by atoms with Gasteiger partial charge in [0.2, 0.25) is 5.91 Å². The van der Waals surface area contributed by atoms with Crippen LogP contribution in [0, 0.1) is 13.8 Å². The summed E-state index contributed by atoms with van der Waals surface area (Å²) in [6.45, 7) is 6.16. The minimum absolute atomic E-state index is 0.0673. The van der Waals surface area contributed by atoms with E-state index in [9.17, 15) is 4.79 Å². The van der Waals surface area contributed by atoms with Gasteiger partial charge in [0, 0.05) is 17.0 Å². The number of anilines is 1. The number of amides is 1. The van der Waals surface area contributed by atoms with Crippen LogP contribution in [0.15, 0.2) is 41.0 Å². The summed E-state index contributed by atoms with van der Waals surface area (Å²) in [6, 6.07) is 8.29. The highest BCUT2D eigenvalue weighted by Crippen LogP contribution is 2.31. The second-order valence-electron chi connectivity index (χ2n) is 6.32. The molecule has 1 unspecified atom stereocenters. The summed E-state index contributed by atoms with van der Waals surface area (Å²) in [4.78, 5) is 16.8. The lowest BCUT2D eigenvalue weighted by atomic mass is 10.1. The zero-order valence-corrected chi connectivity index (χ0v) is 16.9. The maximum absolute atomic E-state index is 12.7. The number of para-hydroxylation sites is 1. The summed E-state index contributed by atoms with van der Waals surface area (Å²) in [7, 11) is 0. The molecular formula is C19H19N5OS2. The van der Waals surface area contributed by atoms with Crippen LogP contribution in [0.3, 0.4) is 0 Å². The number of aryl methyl sites for hydroxylation is 2. The molecule has 27 heavy (non-hydrogen) atoms. The van der Waals surface area contributed by atoms with E-state index in [-0.39, 0.29) is 11.2 Å². The van der Waals surface area contributed by atoms with Crippen molar-refractivity contribution in [1.29, 1.82) is 0 Å². The minimum atomic E-state index is -0.276. The van der Waals surface area contributed by atoms with Gasteiger partial charge < -0.3 is 5.32 Å². The third kappa shape index (κ3) is 3.30. The summed E-state index contributed by atoms with van der Waals surface area (Å²) in [6.07, 6.45) is 2.36. The zero-order chi connectivity index (χ0) is 19.0. The molecule has 0 saturated carbocycles. The number of carbonyl (C=O) groups is 1. The van der Waals surface area contributed by atoms with Crippen LogP contribution in [0.4, 0.5) is 5.13 Å². The van der Waals surface area contributed by atoms with E-state index in [4.69, 9.17) is 0 Å². The number of thioether (sulfide) groups is 1. The summed E-state index contributed by atoms with van der Waals surface area (Å²) in [5.74, 6) is -0.0673. The Kier molecular flexibility index (Phi) is 4.84. The third-order valence-electron chi connectivity index (χ3n) is 4.46. The van der Waals surface area contributed by atoms with Crippen LogP contribution < -0.4 is 5.32 Å². The normalized spacial score (nSPS) is 12.6. The average molecular weight is 398 g/mol. The molecule has 0 fully saturated rings. The molecule has 1 N–H and O–H groups in total. The van der Waals surface area contributed by atoms with E-state index >= 15 is 0 Å². The standard InChI is InChI=1S/C19H19N5OS2/c1-4-14(17(25)21-18-20-8-9-26-18)27-19-23-22-15-10-12(3)13-7-5-6-11(2)16(13)24(15)19/h5-10,14H,4H2,1-3H3,(H,20,21,25). The second kappa shape index (κ2) is 7.28. The van der Waals surface area contributed by atoms with Gasteiger partial charge in [0.25, 0.3) is 0 Å². The Morgan fingerprint density at radius 2 is 2.15 bits per heavy atom. The predicted molar refractivity (Wildman–Crippen MR) is 111 cm³/mol. The lowest BCUT2D eigenvalue weighted by Crippen LogP contribution is -2.24. The average Bonchev–Trinajstić information content (AvgIpc) is 3.30. The first kappa shape index (κ1) is 17.9. The van der Waals surface area contributed by atoms with Crippen LogP contribution in [0.1, 0.15) is 24.5 Å². The molecule has 8 heteroatoms. The number of benzene rings is 1. The van der Waals surface area contributed by atoms with E-state index in [1.54, 1.807) is 6.20 Å². The monoisotopic (exact) mass is 397 g/mol. The van der Waals surface area contributed by atoms with Gasteiger partial charge in [-0.2, -0.15) is 0 Å². The molecule has 0 aliphatic rings. The third-order valence-corrected chi connectivity index (χ3v) is 6.46. The van der Waals surface area contributed by atoms with Crippen molar-refractivity contribution in [2.45, 2.75) is 37.6 Å². The summed E-state index contributed by atoms with van der Waals surface area (Å²) >= 11 is 2.85. The number of pyridine rings is 1. The van der Waals surface area contributed by atoms with E-state index in [1.165, 1.54) is 34.0 Å². The van der Waals surface area contributed by atoms with Gasteiger partial charge in [-0.15, -0.1) is 21.5 Å². The minimum Gasteiger partial charge on any atom is -0.301 e. The number of thiazole rings is 1. The van der Waals surface area contributed by atoms with E-state index in [0.29, 0.717) is 11.6 Å². The lowest BCUT2D eigenvalue weighted by Gasteiger charge is -2.14. The molecule has 0 aliphatic heterocycles. The number of aromatic nitrogens is 4. The SMILES string of the molecule is CCC(Sc1nnc2cc(C)c3cccc(C)c3n12)C(=O)Nc1nccs1. The molecule has 1 atom stereocenters. The van der Waals surface area contributed by atoms with Gasteiger partial charge in [-0.05, 0) is 37.5 Å². The van der Waals surface area contributed by atoms with Gasteiger partial charge in [0.05, 0.1) is 10.8 Å². The molecule has 3 heterocycles. The molecule has 4 aromatic rings. The van der Waals surface area contributed by atoms with E-state index in [2.05, 4.69) is 56.9 Å². The molecule has 0 saturated heterocycles. The summed E-state index contributed by atoms with van der Waals surface area (Å²) < 4.78 is 2.06. The maximum atomic E-state index is 12.7. The van der Waals surface area contributed by atoms with Crippen LogP contribution in [0.25, 0.3) is 16.6 Å². The molecule has 138 valence electrons. The largest absolute Gasteiger partial charge is 0.301 e. The Hall–Kier alpha value is -2.45. The number of nitrogens with zero attached hydrogens (tertiary/aromatic N) is 4. The Morgan fingerprint density at radius 3 is 2.89 bits per heavy atom. The quantitative estimate of drug-likeness (QED) is 0.503. The Labute approximate surface area is 165 Å². The number of fused-ring (bicyclic) bond motifs is 3. The summed E-state index contributed by atoms with van der Waals surface area (Å²) in [5, 5.41) is 15.7. The fourth-order valence-corrected chi connectivity index (χ4v) is 4.62. The van der Waals surface area contributed by atoms with Crippen molar-refractivity contribution in [2.24, 2.45) is 0 Å². The van der Waals surface area contributed by atoms with Crippen molar-refractivity contribution in [3.05, 3.63) is 47.0 Å². The molecule has 0 spiro atoms. The molecule has 0 aliphatic carbocycles. The van der Waals surface area contributed by atoms with Gasteiger partial charge in [-0.3, -0.25) is 9.20 Å². The van der Waals surface area contributed by atoms with E-state index in [0.717, 1.165) is 21.9 Å². The van der Waals surface area contributed by atoms with Gasteiger partial charge in [0.1, 0.15) is 0 Å². The van der Waals surface area contributed by atoms with E-state index in [1.807, 2.05) is 18.4 Å². The topological polar surface area (TPSA) is 72.2 Å². The number of hydrogen-bond donors (Lipinski definition) is 1. The highest BCUT2D eigenvalue weighted by molar-refractivity contribution is 8.00. The molecule has 0 radical (unpaired) electrons. The highest BCUT2D eigenvalue weighted by Gasteiger charge is 2.23. The fraction of sp³-hybridized carbons (Fsp3) is 0.263. The maximum Gasteiger partial charge on any atom is 0.239 e. The van der Waals surface area contributed by atoms with Gasteiger partial charge in [-0.1, -0.05) is 36.9 Å². The van der Waals surface area contributed by atoms with Gasteiger partial charge in [-0.25, -0.2) is 4.98 Å². The predicted octanol–water partition coefficient (Wildman–Crippen LogP) is 4.47. The smallest absolute Gasteiger partial charge is 0.239 e. The Morgan fingerprint density at radius 1 is 1.30 bits per heavy atom. The zero-order valence-electron chi connectivity index (χ0n) is 15.3. The lowest BCUT2D eigenvalue weighted by molar-refractivity contribution is -0.115. The molecule has 4 rings (SSSR count). The molecule has 1 aromatic carbocycles. The fourth-order valence-electron chi connectivity index (χ4n) is 3.13. The van der Waals surface area contributed by atoms with Crippen LogP contribution in [-0.4, -0.2) is 30.7 Å². The van der Waals surface area contributed by atoms with Crippen LogP contribution in [0.2, 0.25) is 0 Å². The van der Waals surface area contributed by atoms with Crippen LogP contribution in [0.5, 0.6) is 0 Å². The number of nitrogens with one attached hydrogen (secondary N) is 1.